The van der Waals surface area contributed by atoms with Gasteiger partial charge in [-0.15, -0.1) is 0 Å². The molecular formula is C37H46N2O6. The Hall–Kier alpha value is -4.01. The van der Waals surface area contributed by atoms with Gasteiger partial charge in [-0.05, 0) is 72.9 Å². The van der Waals surface area contributed by atoms with Gasteiger partial charge in [0.2, 0.25) is 0 Å². The second-order valence-corrected chi connectivity index (χ2v) is 12.7. The minimum atomic E-state index is -1.41. The van der Waals surface area contributed by atoms with Crippen molar-refractivity contribution < 1.29 is 29.0 Å². The molecule has 3 N–H and O–H groups in total. The molecule has 3 aromatic carbocycles. The second kappa shape index (κ2) is 14.4. The van der Waals surface area contributed by atoms with E-state index in [1.807, 2.05) is 75.4 Å². The first-order valence-corrected chi connectivity index (χ1v) is 15.8. The molecule has 4 rings (SSSR count). The highest BCUT2D eigenvalue weighted by molar-refractivity contribution is 5.94. The lowest BCUT2D eigenvalue weighted by Gasteiger charge is -2.57. The van der Waals surface area contributed by atoms with Crippen molar-refractivity contribution in [2.75, 3.05) is 13.2 Å². The Bertz CT molecular complexity index is 1470. The van der Waals surface area contributed by atoms with E-state index in [2.05, 4.69) is 0 Å². The SMILES string of the molecule is CCOC(=O)[C@H](CCc1ccccc1)N1C(C(=O)C(N)Cc2ccc(O)cc2)c2ccccc2C[C@]1(C(=O)OCC)C(C)(C)C. The predicted octanol–water partition coefficient (Wildman–Crippen LogP) is 5.34. The fourth-order valence-corrected chi connectivity index (χ4v) is 6.57. The Balaban J connectivity index is 1.94. The van der Waals surface area contributed by atoms with Crippen LogP contribution in [0.1, 0.15) is 69.3 Å². The number of hydrogen-bond donors (Lipinski definition) is 2. The largest absolute Gasteiger partial charge is 0.508 e. The van der Waals surface area contributed by atoms with Crippen LogP contribution in [0.15, 0.2) is 78.9 Å². The van der Waals surface area contributed by atoms with E-state index in [1.165, 1.54) is 0 Å². The predicted molar refractivity (Wildman–Crippen MR) is 174 cm³/mol. The summed E-state index contributed by atoms with van der Waals surface area (Å²) in [6.07, 6.45) is 1.27. The lowest BCUT2D eigenvalue weighted by molar-refractivity contribution is -0.184. The summed E-state index contributed by atoms with van der Waals surface area (Å²) >= 11 is 0. The average Bonchev–Trinajstić information content (AvgIpc) is 3.01. The van der Waals surface area contributed by atoms with Crippen LogP contribution in [0.4, 0.5) is 0 Å². The summed E-state index contributed by atoms with van der Waals surface area (Å²) in [7, 11) is 0. The monoisotopic (exact) mass is 614 g/mol. The number of esters is 2. The quantitative estimate of drug-likeness (QED) is 0.263. The lowest BCUT2D eigenvalue weighted by Crippen LogP contribution is -2.72. The maximum absolute atomic E-state index is 14.8. The molecule has 45 heavy (non-hydrogen) atoms. The molecule has 1 heterocycles. The number of nitrogens with two attached hydrogens (primary N) is 1. The maximum Gasteiger partial charge on any atom is 0.327 e. The average molecular weight is 615 g/mol. The topological polar surface area (TPSA) is 119 Å². The third-order valence-corrected chi connectivity index (χ3v) is 8.84. The highest BCUT2D eigenvalue weighted by atomic mass is 16.5. The van der Waals surface area contributed by atoms with E-state index >= 15 is 0 Å². The highest BCUT2D eigenvalue weighted by Gasteiger charge is 2.62. The first-order chi connectivity index (χ1) is 21.4. The van der Waals surface area contributed by atoms with E-state index in [9.17, 15) is 19.5 Å². The fraction of sp³-hybridized carbons (Fsp3) is 0.432. The minimum Gasteiger partial charge on any atom is -0.508 e. The van der Waals surface area contributed by atoms with Crippen molar-refractivity contribution in [2.45, 2.75) is 84.0 Å². The van der Waals surface area contributed by atoms with Crippen LogP contribution in [0.2, 0.25) is 0 Å². The summed E-state index contributed by atoms with van der Waals surface area (Å²) in [5.74, 6) is -1.20. The Labute approximate surface area is 266 Å². The molecule has 0 saturated carbocycles. The fourth-order valence-electron chi connectivity index (χ4n) is 6.57. The molecular weight excluding hydrogens is 568 g/mol. The van der Waals surface area contributed by atoms with Gasteiger partial charge in [-0.1, -0.05) is 87.5 Å². The molecule has 8 nitrogen and oxygen atoms in total. The number of phenols is 1. The standard InChI is InChI=1S/C37H46N2O6/c1-6-44-34(42)31(22-19-25-13-9-8-10-14-25)39-32(33(41)30(38)23-26-17-20-28(40)21-18-26)29-16-12-11-15-27(29)24-37(39,36(3,4)5)35(43)45-7-2/h8-18,20-21,30-32,40H,6-7,19,22-24,38H2,1-5H3/t30?,31-,32?,37-/m0/s1. The van der Waals surface area contributed by atoms with Crippen molar-refractivity contribution in [1.82, 2.24) is 4.90 Å². The molecule has 2 unspecified atom stereocenters. The minimum absolute atomic E-state index is 0.117. The van der Waals surface area contributed by atoms with E-state index in [0.717, 1.165) is 16.7 Å². The van der Waals surface area contributed by atoms with Gasteiger partial charge in [0.05, 0.1) is 25.3 Å². The van der Waals surface area contributed by atoms with Crippen molar-refractivity contribution in [2.24, 2.45) is 11.1 Å². The number of fused-ring (bicyclic) bond motifs is 1. The van der Waals surface area contributed by atoms with Crippen LogP contribution in [0.3, 0.4) is 0 Å². The van der Waals surface area contributed by atoms with Crippen molar-refractivity contribution >= 4 is 17.7 Å². The van der Waals surface area contributed by atoms with Crippen LogP contribution in [-0.2, 0) is 43.1 Å². The Kier molecular flexibility index (Phi) is 10.8. The van der Waals surface area contributed by atoms with Gasteiger partial charge >= 0.3 is 11.9 Å². The van der Waals surface area contributed by atoms with E-state index in [1.54, 1.807) is 43.0 Å². The van der Waals surface area contributed by atoms with Gasteiger partial charge in [-0.2, -0.15) is 0 Å². The molecule has 0 saturated heterocycles. The van der Waals surface area contributed by atoms with Gasteiger partial charge < -0.3 is 20.3 Å². The van der Waals surface area contributed by atoms with E-state index in [0.29, 0.717) is 18.4 Å². The summed E-state index contributed by atoms with van der Waals surface area (Å²) in [6.45, 7) is 9.62. The molecule has 0 spiro atoms. The van der Waals surface area contributed by atoms with Crippen LogP contribution in [-0.4, -0.2) is 58.6 Å². The van der Waals surface area contributed by atoms with E-state index < -0.39 is 41.0 Å². The smallest absolute Gasteiger partial charge is 0.327 e. The zero-order valence-electron chi connectivity index (χ0n) is 27.0. The number of ketones is 1. The molecule has 0 amide bonds. The number of aryl methyl sites for hydroxylation is 1. The Morgan fingerprint density at radius 1 is 0.911 bits per heavy atom. The molecule has 0 bridgehead atoms. The van der Waals surface area contributed by atoms with Crippen LogP contribution >= 0.6 is 0 Å². The normalized spacial score (nSPS) is 19.6. The first-order valence-electron chi connectivity index (χ1n) is 15.8. The third-order valence-electron chi connectivity index (χ3n) is 8.84. The van der Waals surface area contributed by atoms with E-state index in [-0.39, 0.29) is 37.6 Å². The molecule has 1 aliphatic heterocycles. The third kappa shape index (κ3) is 7.13. The Morgan fingerprint density at radius 3 is 2.16 bits per heavy atom. The van der Waals surface area contributed by atoms with Gasteiger partial charge in [-0.3, -0.25) is 19.3 Å². The zero-order chi connectivity index (χ0) is 32.8. The summed E-state index contributed by atoms with van der Waals surface area (Å²) in [5, 5.41) is 9.77. The van der Waals surface area contributed by atoms with Gasteiger partial charge in [-0.25, -0.2) is 0 Å². The molecule has 1 aliphatic rings. The number of aromatic hydroxyl groups is 1. The molecule has 0 fully saturated rings. The van der Waals surface area contributed by atoms with Gasteiger partial charge in [0, 0.05) is 6.42 Å². The van der Waals surface area contributed by atoms with Crippen molar-refractivity contribution in [3.63, 3.8) is 0 Å². The van der Waals surface area contributed by atoms with Crippen LogP contribution in [0.25, 0.3) is 0 Å². The van der Waals surface area contributed by atoms with E-state index in [4.69, 9.17) is 15.2 Å². The summed E-state index contributed by atoms with van der Waals surface area (Å²) in [6, 6.07) is 21.0. The summed E-state index contributed by atoms with van der Waals surface area (Å²) < 4.78 is 11.5. The number of rotatable bonds is 12. The second-order valence-electron chi connectivity index (χ2n) is 12.7. The number of benzene rings is 3. The maximum atomic E-state index is 14.8. The summed E-state index contributed by atoms with van der Waals surface area (Å²) in [5.41, 5.74) is 7.84. The van der Waals surface area contributed by atoms with Crippen molar-refractivity contribution in [3.05, 3.63) is 101 Å². The van der Waals surface area contributed by atoms with Crippen LogP contribution in [0, 0.1) is 5.41 Å². The molecule has 0 radical (unpaired) electrons. The lowest BCUT2D eigenvalue weighted by atomic mass is 9.63. The zero-order valence-corrected chi connectivity index (χ0v) is 27.0. The van der Waals surface area contributed by atoms with Gasteiger partial charge in [0.1, 0.15) is 17.3 Å². The number of carbonyl (C=O) groups is 3. The van der Waals surface area contributed by atoms with Crippen molar-refractivity contribution in [3.8, 4) is 5.75 Å². The molecule has 240 valence electrons. The molecule has 0 aliphatic carbocycles. The number of nitrogens with zero attached hydrogens (tertiary/aromatic N) is 1. The molecule has 8 heteroatoms. The summed E-state index contributed by atoms with van der Waals surface area (Å²) in [4.78, 5) is 45.0. The van der Waals surface area contributed by atoms with Crippen LogP contribution < -0.4 is 5.73 Å². The van der Waals surface area contributed by atoms with Gasteiger partial charge in [0.15, 0.2) is 5.78 Å². The highest BCUT2D eigenvalue weighted by Crippen LogP contribution is 2.51. The van der Waals surface area contributed by atoms with Crippen molar-refractivity contribution in [1.29, 1.82) is 0 Å². The van der Waals surface area contributed by atoms with Crippen LogP contribution in [0.5, 0.6) is 5.75 Å². The number of hydrogen-bond acceptors (Lipinski definition) is 8. The number of Topliss-reactive ketones (excluding diaryl/α,β-unsaturated/α-hetero) is 1. The molecule has 4 atom stereocenters. The van der Waals surface area contributed by atoms with Gasteiger partial charge in [0.25, 0.3) is 0 Å². The molecule has 0 aromatic heterocycles. The number of phenolic OH excluding ortho intramolecular Hbond substituents is 1. The molecule has 3 aromatic rings. The number of carbonyl (C=O) groups excluding carboxylic acids is 3. The number of ether oxygens (including phenoxy) is 2. The Morgan fingerprint density at radius 2 is 1.53 bits per heavy atom. The first kappa shape index (κ1) is 33.9.